The molecular weight excluding hydrogens is 309 g/mol. The van der Waals surface area contributed by atoms with Crippen molar-refractivity contribution in [1.82, 2.24) is 0 Å². The van der Waals surface area contributed by atoms with Gasteiger partial charge in [-0.1, -0.05) is 35.9 Å². The van der Waals surface area contributed by atoms with E-state index in [0.29, 0.717) is 16.7 Å². The van der Waals surface area contributed by atoms with E-state index in [0.717, 1.165) is 0 Å². The fourth-order valence-electron chi connectivity index (χ4n) is 2.29. The zero-order valence-corrected chi connectivity index (χ0v) is 12.0. The van der Waals surface area contributed by atoms with Gasteiger partial charge in [-0.3, -0.25) is 0 Å². The highest BCUT2D eigenvalue weighted by atomic mass is 35.5. The molecule has 0 heterocycles. The van der Waals surface area contributed by atoms with E-state index in [9.17, 15) is 13.2 Å². The minimum Gasteiger partial charge on any atom is -0.207 e. The zero-order valence-electron chi connectivity index (χ0n) is 11.3. The first-order valence-electron chi connectivity index (χ1n) is 6.56. The molecule has 110 valence electrons. The lowest BCUT2D eigenvalue weighted by Crippen LogP contribution is -1.92. The van der Waals surface area contributed by atoms with E-state index < -0.39 is 17.5 Å². The largest absolute Gasteiger partial charge is 0.207 e. The molecule has 0 saturated heterocycles. The molecule has 3 aromatic carbocycles. The van der Waals surface area contributed by atoms with Crippen molar-refractivity contribution in [2.75, 3.05) is 0 Å². The Bertz CT molecular complexity index is 809. The van der Waals surface area contributed by atoms with Crippen molar-refractivity contribution in [3.8, 4) is 22.3 Å². The van der Waals surface area contributed by atoms with E-state index in [1.807, 2.05) is 0 Å². The fourth-order valence-corrected chi connectivity index (χ4v) is 2.54. The highest BCUT2D eigenvalue weighted by Crippen LogP contribution is 2.36. The summed E-state index contributed by atoms with van der Waals surface area (Å²) in [6, 6.07) is 14.1. The molecule has 0 unspecified atom stereocenters. The summed E-state index contributed by atoms with van der Waals surface area (Å²) in [6.07, 6.45) is 0. The van der Waals surface area contributed by atoms with Gasteiger partial charge in [-0.05, 0) is 47.5 Å². The Labute approximate surface area is 130 Å². The van der Waals surface area contributed by atoms with E-state index in [1.165, 1.54) is 54.6 Å². The standard InChI is InChI=1S/C18H10ClF3/c19-16-10-9-15(11-1-5-13(20)6-2-11)18(22)17(16)12-3-7-14(21)8-4-12/h1-10H. The molecule has 0 aromatic heterocycles. The molecule has 0 aliphatic rings. The van der Waals surface area contributed by atoms with Gasteiger partial charge in [0.2, 0.25) is 0 Å². The maximum Gasteiger partial charge on any atom is 0.140 e. The number of halogens is 4. The number of hydrogen-bond donors (Lipinski definition) is 0. The number of hydrogen-bond acceptors (Lipinski definition) is 0. The van der Waals surface area contributed by atoms with Gasteiger partial charge in [0.05, 0.1) is 5.02 Å². The third kappa shape index (κ3) is 2.72. The van der Waals surface area contributed by atoms with Crippen LogP contribution in [0.3, 0.4) is 0 Å². The van der Waals surface area contributed by atoms with Gasteiger partial charge in [0.1, 0.15) is 17.5 Å². The van der Waals surface area contributed by atoms with Crippen molar-refractivity contribution in [1.29, 1.82) is 0 Å². The van der Waals surface area contributed by atoms with E-state index >= 15 is 0 Å². The molecule has 3 aromatic rings. The minimum atomic E-state index is -0.522. The lowest BCUT2D eigenvalue weighted by molar-refractivity contribution is 0.625. The smallest absolute Gasteiger partial charge is 0.140 e. The molecule has 0 aliphatic heterocycles. The van der Waals surface area contributed by atoms with Crippen molar-refractivity contribution in [2.24, 2.45) is 0 Å². The van der Waals surface area contributed by atoms with Crippen molar-refractivity contribution in [3.63, 3.8) is 0 Å². The Morgan fingerprint density at radius 1 is 0.591 bits per heavy atom. The van der Waals surface area contributed by atoms with Crippen LogP contribution in [0.25, 0.3) is 22.3 Å². The highest BCUT2D eigenvalue weighted by molar-refractivity contribution is 6.33. The molecule has 0 nitrogen and oxygen atoms in total. The molecule has 4 heteroatoms. The maximum atomic E-state index is 14.8. The van der Waals surface area contributed by atoms with Gasteiger partial charge in [0.15, 0.2) is 0 Å². The molecule has 0 saturated carbocycles. The Kier molecular flexibility index (Phi) is 3.90. The van der Waals surface area contributed by atoms with E-state index in [4.69, 9.17) is 11.6 Å². The normalized spacial score (nSPS) is 10.7. The van der Waals surface area contributed by atoms with Gasteiger partial charge in [-0.25, -0.2) is 13.2 Å². The van der Waals surface area contributed by atoms with E-state index in [1.54, 1.807) is 6.07 Å². The molecule has 0 atom stereocenters. The van der Waals surface area contributed by atoms with Gasteiger partial charge >= 0.3 is 0 Å². The Morgan fingerprint density at radius 3 is 1.64 bits per heavy atom. The van der Waals surface area contributed by atoms with E-state index in [2.05, 4.69) is 0 Å². The zero-order chi connectivity index (χ0) is 15.7. The van der Waals surface area contributed by atoms with Crippen LogP contribution in [-0.2, 0) is 0 Å². The fraction of sp³-hybridized carbons (Fsp3) is 0. The Hall–Kier alpha value is -2.26. The summed E-state index contributed by atoms with van der Waals surface area (Å²) in [5, 5.41) is 0.231. The molecule has 0 spiro atoms. The average Bonchev–Trinajstić information content (AvgIpc) is 2.51. The topological polar surface area (TPSA) is 0 Å². The van der Waals surface area contributed by atoms with Gasteiger partial charge in [0, 0.05) is 11.1 Å². The van der Waals surface area contributed by atoms with Crippen molar-refractivity contribution in [3.05, 3.63) is 83.1 Å². The number of benzene rings is 3. The minimum absolute atomic E-state index is 0.198. The van der Waals surface area contributed by atoms with Crippen LogP contribution in [0.1, 0.15) is 0 Å². The van der Waals surface area contributed by atoms with Gasteiger partial charge in [-0.15, -0.1) is 0 Å². The second-order valence-electron chi connectivity index (χ2n) is 4.80. The van der Waals surface area contributed by atoms with Crippen LogP contribution in [0.2, 0.25) is 5.02 Å². The quantitative estimate of drug-likeness (QED) is 0.536. The summed E-state index contributed by atoms with van der Waals surface area (Å²) in [4.78, 5) is 0. The van der Waals surface area contributed by atoms with Crippen LogP contribution in [0, 0.1) is 17.5 Å². The van der Waals surface area contributed by atoms with Crippen molar-refractivity contribution >= 4 is 11.6 Å². The van der Waals surface area contributed by atoms with Crippen LogP contribution in [-0.4, -0.2) is 0 Å². The van der Waals surface area contributed by atoms with Gasteiger partial charge < -0.3 is 0 Å². The summed E-state index contributed by atoms with van der Waals surface area (Å²) in [6.45, 7) is 0. The molecule has 3 rings (SSSR count). The second kappa shape index (κ2) is 5.85. The SMILES string of the molecule is Fc1ccc(-c2ccc(Cl)c(-c3ccc(F)cc3)c2F)cc1. The second-order valence-corrected chi connectivity index (χ2v) is 5.20. The monoisotopic (exact) mass is 318 g/mol. The summed E-state index contributed by atoms with van der Waals surface area (Å²) >= 11 is 6.09. The first-order valence-corrected chi connectivity index (χ1v) is 6.94. The van der Waals surface area contributed by atoms with Crippen LogP contribution >= 0.6 is 11.6 Å². The Morgan fingerprint density at radius 2 is 1.09 bits per heavy atom. The summed E-state index contributed by atoms with van der Waals surface area (Å²) in [7, 11) is 0. The maximum absolute atomic E-state index is 14.8. The predicted molar refractivity (Wildman–Crippen MR) is 82.2 cm³/mol. The van der Waals surface area contributed by atoms with Crippen LogP contribution in [0.15, 0.2) is 60.7 Å². The van der Waals surface area contributed by atoms with Crippen LogP contribution < -0.4 is 0 Å². The molecule has 0 amide bonds. The predicted octanol–water partition coefficient (Wildman–Crippen LogP) is 6.09. The lowest BCUT2D eigenvalue weighted by Gasteiger charge is -2.11. The summed E-state index contributed by atoms with van der Waals surface area (Å²) in [5.41, 5.74) is 1.53. The third-order valence-corrected chi connectivity index (χ3v) is 3.69. The molecule has 0 aliphatic carbocycles. The molecule has 0 radical (unpaired) electrons. The van der Waals surface area contributed by atoms with Crippen molar-refractivity contribution in [2.45, 2.75) is 0 Å². The molecule has 0 bridgehead atoms. The average molecular weight is 319 g/mol. The summed E-state index contributed by atoms with van der Waals surface area (Å²) < 4.78 is 40.9. The molecule has 0 fully saturated rings. The van der Waals surface area contributed by atoms with E-state index in [-0.39, 0.29) is 10.6 Å². The molecular formula is C18H10ClF3. The first kappa shape index (κ1) is 14.7. The molecule has 22 heavy (non-hydrogen) atoms. The van der Waals surface area contributed by atoms with Gasteiger partial charge in [0.25, 0.3) is 0 Å². The number of rotatable bonds is 2. The third-order valence-electron chi connectivity index (χ3n) is 3.38. The lowest BCUT2D eigenvalue weighted by atomic mass is 9.98. The Balaban J connectivity index is 2.17. The summed E-state index contributed by atoms with van der Waals surface area (Å²) in [5.74, 6) is -1.32. The van der Waals surface area contributed by atoms with Crippen LogP contribution in [0.5, 0.6) is 0 Å². The van der Waals surface area contributed by atoms with Crippen LogP contribution in [0.4, 0.5) is 13.2 Å². The highest BCUT2D eigenvalue weighted by Gasteiger charge is 2.15. The van der Waals surface area contributed by atoms with Crippen molar-refractivity contribution < 1.29 is 13.2 Å². The van der Waals surface area contributed by atoms with Gasteiger partial charge in [-0.2, -0.15) is 0 Å². The first-order chi connectivity index (χ1) is 10.6. The molecule has 0 N–H and O–H groups in total.